The van der Waals surface area contributed by atoms with Gasteiger partial charge in [-0.15, -0.1) is 0 Å². The van der Waals surface area contributed by atoms with Gasteiger partial charge in [0.25, 0.3) is 0 Å². The fraction of sp³-hybridized carbons (Fsp3) is 0.900. The van der Waals surface area contributed by atoms with Crippen LogP contribution in [0.3, 0.4) is 0 Å². The predicted molar refractivity (Wildman–Crippen MR) is 97.2 cm³/mol. The molecule has 0 saturated carbocycles. The van der Waals surface area contributed by atoms with Crippen LogP contribution in [0.25, 0.3) is 0 Å². The molecule has 0 aromatic heterocycles. The SMILES string of the molecule is C=C(CN1CCC(CCC2CCN(CC)CC2)CC1)C(C)C. The van der Waals surface area contributed by atoms with Gasteiger partial charge in [0.15, 0.2) is 0 Å². The van der Waals surface area contributed by atoms with Crippen LogP contribution in [0.1, 0.15) is 59.3 Å². The van der Waals surface area contributed by atoms with E-state index in [1.165, 1.54) is 76.8 Å². The van der Waals surface area contributed by atoms with Crippen LogP contribution in [0.4, 0.5) is 0 Å². The first kappa shape index (κ1) is 18.0. The quantitative estimate of drug-likeness (QED) is 0.642. The molecule has 2 aliphatic rings. The van der Waals surface area contributed by atoms with Crippen LogP contribution in [-0.2, 0) is 0 Å². The summed E-state index contributed by atoms with van der Waals surface area (Å²) in [6.07, 6.45) is 8.69. The van der Waals surface area contributed by atoms with Crippen molar-refractivity contribution in [1.82, 2.24) is 9.80 Å². The Hall–Kier alpha value is -0.340. The molecule has 0 aromatic carbocycles. The fourth-order valence-corrected chi connectivity index (χ4v) is 3.97. The van der Waals surface area contributed by atoms with E-state index < -0.39 is 0 Å². The Kier molecular flexibility index (Phi) is 7.43. The molecule has 0 spiro atoms. The van der Waals surface area contributed by atoms with Gasteiger partial charge >= 0.3 is 0 Å². The first-order valence-corrected chi connectivity index (χ1v) is 9.70. The molecule has 0 atom stereocenters. The summed E-state index contributed by atoms with van der Waals surface area (Å²) in [7, 11) is 0. The zero-order chi connectivity index (χ0) is 15.9. The van der Waals surface area contributed by atoms with Crippen molar-refractivity contribution in [3.8, 4) is 0 Å². The lowest BCUT2D eigenvalue weighted by molar-refractivity contribution is 0.159. The molecule has 2 saturated heterocycles. The van der Waals surface area contributed by atoms with Gasteiger partial charge in [-0.3, -0.25) is 4.90 Å². The maximum atomic E-state index is 4.23. The molecule has 2 aliphatic heterocycles. The van der Waals surface area contributed by atoms with Crippen LogP contribution in [-0.4, -0.2) is 49.1 Å². The Bertz CT molecular complexity index is 321. The van der Waals surface area contributed by atoms with Crippen molar-refractivity contribution in [1.29, 1.82) is 0 Å². The maximum absolute atomic E-state index is 4.23. The van der Waals surface area contributed by atoms with E-state index in [4.69, 9.17) is 0 Å². The highest BCUT2D eigenvalue weighted by molar-refractivity contribution is 5.00. The van der Waals surface area contributed by atoms with Crippen molar-refractivity contribution in [3.05, 3.63) is 12.2 Å². The molecular formula is C20H38N2. The molecule has 0 bridgehead atoms. The molecule has 2 fully saturated rings. The molecule has 0 radical (unpaired) electrons. The van der Waals surface area contributed by atoms with Crippen molar-refractivity contribution in [3.63, 3.8) is 0 Å². The van der Waals surface area contributed by atoms with E-state index in [2.05, 4.69) is 37.1 Å². The topological polar surface area (TPSA) is 6.48 Å². The Labute approximate surface area is 138 Å². The van der Waals surface area contributed by atoms with Crippen LogP contribution >= 0.6 is 0 Å². The summed E-state index contributed by atoms with van der Waals surface area (Å²) in [5.74, 6) is 2.64. The summed E-state index contributed by atoms with van der Waals surface area (Å²) in [4.78, 5) is 5.23. The van der Waals surface area contributed by atoms with E-state index in [1.54, 1.807) is 0 Å². The largest absolute Gasteiger partial charge is 0.304 e. The second-order valence-corrected chi connectivity index (χ2v) is 7.99. The van der Waals surface area contributed by atoms with Gasteiger partial charge < -0.3 is 4.90 Å². The molecule has 0 aromatic rings. The molecule has 0 N–H and O–H groups in total. The molecule has 2 heterocycles. The summed E-state index contributed by atoms with van der Waals surface area (Å²) in [6.45, 7) is 18.7. The number of nitrogens with zero attached hydrogens (tertiary/aromatic N) is 2. The first-order valence-electron chi connectivity index (χ1n) is 9.70. The van der Waals surface area contributed by atoms with Gasteiger partial charge in [0.05, 0.1) is 0 Å². The zero-order valence-electron chi connectivity index (χ0n) is 15.3. The lowest BCUT2D eigenvalue weighted by Gasteiger charge is -2.35. The third-order valence-electron chi connectivity index (χ3n) is 6.09. The Balaban J connectivity index is 1.59. The van der Waals surface area contributed by atoms with Crippen molar-refractivity contribution >= 4 is 0 Å². The fourth-order valence-electron chi connectivity index (χ4n) is 3.97. The van der Waals surface area contributed by atoms with Gasteiger partial charge in [0, 0.05) is 6.54 Å². The van der Waals surface area contributed by atoms with Crippen LogP contribution in [0.2, 0.25) is 0 Å². The van der Waals surface area contributed by atoms with Crippen molar-refractivity contribution < 1.29 is 0 Å². The van der Waals surface area contributed by atoms with Gasteiger partial charge in [-0.1, -0.05) is 45.8 Å². The zero-order valence-corrected chi connectivity index (χ0v) is 15.3. The normalized spacial score (nSPS) is 23.3. The molecule has 0 aliphatic carbocycles. The number of rotatable bonds is 7. The molecule has 0 amide bonds. The highest BCUT2D eigenvalue weighted by atomic mass is 15.1. The Morgan fingerprint density at radius 2 is 1.36 bits per heavy atom. The van der Waals surface area contributed by atoms with E-state index >= 15 is 0 Å². The van der Waals surface area contributed by atoms with Gasteiger partial charge in [0.1, 0.15) is 0 Å². The Morgan fingerprint density at radius 1 is 0.909 bits per heavy atom. The van der Waals surface area contributed by atoms with Crippen molar-refractivity contribution in [2.45, 2.75) is 59.3 Å². The van der Waals surface area contributed by atoms with Crippen LogP contribution in [0, 0.1) is 17.8 Å². The highest BCUT2D eigenvalue weighted by Gasteiger charge is 2.23. The standard InChI is InChI=1S/C20H38N2/c1-5-21-12-8-19(9-13-21)6-7-20-10-14-22(15-11-20)16-18(4)17(2)3/h17,19-20H,4-16H2,1-3H3. The number of hydrogen-bond acceptors (Lipinski definition) is 2. The summed E-state index contributed by atoms with van der Waals surface area (Å²) < 4.78 is 0. The molecular weight excluding hydrogens is 268 g/mol. The third kappa shape index (κ3) is 5.70. The molecule has 2 heteroatoms. The second kappa shape index (κ2) is 9.08. The molecule has 128 valence electrons. The lowest BCUT2D eigenvalue weighted by Crippen LogP contribution is -2.36. The van der Waals surface area contributed by atoms with E-state index in [9.17, 15) is 0 Å². The summed E-state index contributed by atoms with van der Waals surface area (Å²) in [6, 6.07) is 0. The van der Waals surface area contributed by atoms with Crippen molar-refractivity contribution in [2.24, 2.45) is 17.8 Å². The summed E-state index contributed by atoms with van der Waals surface area (Å²) in [5.41, 5.74) is 1.40. The van der Waals surface area contributed by atoms with Gasteiger partial charge in [-0.2, -0.15) is 0 Å². The predicted octanol–water partition coefficient (Wildman–Crippen LogP) is 4.42. The highest BCUT2D eigenvalue weighted by Crippen LogP contribution is 2.28. The summed E-state index contributed by atoms with van der Waals surface area (Å²) >= 11 is 0. The van der Waals surface area contributed by atoms with Gasteiger partial charge in [-0.25, -0.2) is 0 Å². The number of piperidine rings is 2. The van der Waals surface area contributed by atoms with Gasteiger partial charge in [0.2, 0.25) is 0 Å². The lowest BCUT2D eigenvalue weighted by atomic mass is 9.85. The minimum Gasteiger partial charge on any atom is -0.304 e. The molecule has 2 nitrogen and oxygen atoms in total. The second-order valence-electron chi connectivity index (χ2n) is 7.99. The van der Waals surface area contributed by atoms with E-state index in [1.807, 2.05) is 0 Å². The molecule has 22 heavy (non-hydrogen) atoms. The maximum Gasteiger partial charge on any atom is 0.0192 e. The van der Waals surface area contributed by atoms with Crippen LogP contribution < -0.4 is 0 Å². The Morgan fingerprint density at radius 3 is 1.77 bits per heavy atom. The van der Waals surface area contributed by atoms with Gasteiger partial charge in [-0.05, 0) is 76.2 Å². The van der Waals surface area contributed by atoms with E-state index in [-0.39, 0.29) is 0 Å². The minimum absolute atomic E-state index is 0.631. The average molecular weight is 307 g/mol. The minimum atomic E-state index is 0.631. The van der Waals surface area contributed by atoms with Crippen molar-refractivity contribution in [2.75, 3.05) is 39.3 Å². The third-order valence-corrected chi connectivity index (χ3v) is 6.09. The first-order chi connectivity index (χ1) is 10.6. The average Bonchev–Trinajstić information content (AvgIpc) is 2.54. The van der Waals surface area contributed by atoms with E-state index in [0.29, 0.717) is 5.92 Å². The van der Waals surface area contributed by atoms with Crippen LogP contribution in [0.15, 0.2) is 12.2 Å². The van der Waals surface area contributed by atoms with Crippen LogP contribution in [0.5, 0.6) is 0 Å². The summed E-state index contributed by atoms with van der Waals surface area (Å²) in [5, 5.41) is 0. The monoisotopic (exact) mass is 306 g/mol. The number of likely N-dealkylation sites (tertiary alicyclic amines) is 2. The molecule has 0 unspecified atom stereocenters. The smallest absolute Gasteiger partial charge is 0.0192 e. The van der Waals surface area contributed by atoms with E-state index in [0.717, 1.165) is 18.4 Å². The molecule has 2 rings (SSSR count). The number of hydrogen-bond donors (Lipinski definition) is 0.